The van der Waals surface area contributed by atoms with Crippen molar-refractivity contribution in [3.05, 3.63) is 0 Å². The second-order valence-corrected chi connectivity index (χ2v) is 7.70. The summed E-state index contributed by atoms with van der Waals surface area (Å²) in [5.74, 6) is 1.16. The predicted molar refractivity (Wildman–Crippen MR) is 71.2 cm³/mol. The van der Waals surface area contributed by atoms with Crippen LogP contribution in [-0.2, 0) is 14.6 Å². The van der Waals surface area contributed by atoms with Gasteiger partial charge in [-0.25, -0.2) is 8.42 Å². The number of sulfone groups is 1. The van der Waals surface area contributed by atoms with Crippen molar-refractivity contribution in [3.8, 4) is 0 Å². The van der Waals surface area contributed by atoms with E-state index in [2.05, 4.69) is 4.90 Å². The molecule has 0 aliphatic carbocycles. The number of likely N-dealkylation sites (N-methyl/N-ethyl adjacent to an activating group) is 1. The summed E-state index contributed by atoms with van der Waals surface area (Å²) in [5.41, 5.74) is 5.91. The van der Waals surface area contributed by atoms with E-state index in [1.54, 1.807) is 0 Å². The molecule has 2 saturated heterocycles. The van der Waals surface area contributed by atoms with Crippen LogP contribution in [0, 0.1) is 5.92 Å². The van der Waals surface area contributed by atoms with Gasteiger partial charge in [0, 0.05) is 31.8 Å². The highest BCUT2D eigenvalue weighted by Crippen LogP contribution is 2.26. The quantitative estimate of drug-likeness (QED) is 0.774. The molecule has 0 bridgehead atoms. The molecule has 18 heavy (non-hydrogen) atoms. The maximum Gasteiger partial charge on any atom is 0.151 e. The Morgan fingerprint density at radius 1 is 1.33 bits per heavy atom. The minimum absolute atomic E-state index is 0.145. The molecule has 2 aliphatic rings. The van der Waals surface area contributed by atoms with Crippen LogP contribution in [0.5, 0.6) is 0 Å². The van der Waals surface area contributed by atoms with Gasteiger partial charge in [0.05, 0.1) is 11.5 Å². The van der Waals surface area contributed by atoms with Crippen molar-refractivity contribution >= 4 is 9.84 Å². The van der Waals surface area contributed by atoms with Gasteiger partial charge in [0.1, 0.15) is 0 Å². The topological polar surface area (TPSA) is 72.6 Å². The van der Waals surface area contributed by atoms with Crippen molar-refractivity contribution in [1.82, 2.24) is 4.90 Å². The monoisotopic (exact) mass is 276 g/mol. The lowest BCUT2D eigenvalue weighted by molar-refractivity contribution is 0.0261. The predicted octanol–water partition coefficient (Wildman–Crippen LogP) is -0.141. The van der Waals surface area contributed by atoms with Gasteiger partial charge in [-0.2, -0.15) is 0 Å². The van der Waals surface area contributed by atoms with Crippen molar-refractivity contribution in [2.75, 3.05) is 38.3 Å². The SMILES string of the molecule is CN(C1CCS(=O)(=O)C1)C(CN)C1CCOCC1. The first-order valence-corrected chi connectivity index (χ1v) is 8.56. The van der Waals surface area contributed by atoms with E-state index in [9.17, 15) is 8.42 Å². The highest BCUT2D eigenvalue weighted by atomic mass is 32.2. The molecule has 2 N–H and O–H groups in total. The van der Waals surface area contributed by atoms with E-state index in [0.29, 0.717) is 24.0 Å². The second kappa shape index (κ2) is 5.86. The van der Waals surface area contributed by atoms with E-state index in [1.807, 2.05) is 7.05 Å². The van der Waals surface area contributed by atoms with Gasteiger partial charge in [-0.3, -0.25) is 4.90 Å². The Hall–Kier alpha value is -0.170. The smallest absolute Gasteiger partial charge is 0.151 e. The Balaban J connectivity index is 1.98. The van der Waals surface area contributed by atoms with Gasteiger partial charge < -0.3 is 10.5 Å². The molecule has 106 valence electrons. The number of ether oxygens (including phenoxy) is 1. The summed E-state index contributed by atoms with van der Waals surface area (Å²) < 4.78 is 28.5. The van der Waals surface area contributed by atoms with Gasteiger partial charge in [0.2, 0.25) is 0 Å². The van der Waals surface area contributed by atoms with Gasteiger partial charge in [0.15, 0.2) is 9.84 Å². The molecule has 0 aromatic rings. The Morgan fingerprint density at radius 2 is 2.00 bits per heavy atom. The highest BCUT2D eigenvalue weighted by molar-refractivity contribution is 7.91. The molecule has 0 aromatic heterocycles. The van der Waals surface area contributed by atoms with Crippen LogP contribution in [0.4, 0.5) is 0 Å². The number of rotatable bonds is 4. The molecule has 6 heteroatoms. The maximum absolute atomic E-state index is 11.6. The van der Waals surface area contributed by atoms with Gasteiger partial charge in [-0.1, -0.05) is 0 Å². The highest BCUT2D eigenvalue weighted by Gasteiger charge is 2.36. The summed E-state index contributed by atoms with van der Waals surface area (Å²) >= 11 is 0. The fourth-order valence-electron chi connectivity index (χ4n) is 3.16. The molecule has 2 rings (SSSR count). The van der Waals surface area contributed by atoms with Crippen molar-refractivity contribution in [2.45, 2.75) is 31.3 Å². The lowest BCUT2D eigenvalue weighted by atomic mass is 9.90. The number of hydrogen-bond acceptors (Lipinski definition) is 5. The van der Waals surface area contributed by atoms with Crippen molar-refractivity contribution in [2.24, 2.45) is 11.7 Å². The summed E-state index contributed by atoms with van der Waals surface area (Å²) in [6.45, 7) is 2.20. The molecule has 2 fully saturated rings. The Morgan fingerprint density at radius 3 is 2.50 bits per heavy atom. The van der Waals surface area contributed by atoms with Gasteiger partial charge in [-0.05, 0) is 32.2 Å². The van der Waals surface area contributed by atoms with Crippen molar-refractivity contribution < 1.29 is 13.2 Å². The molecule has 2 heterocycles. The fraction of sp³-hybridized carbons (Fsp3) is 1.00. The third-order valence-corrected chi connectivity index (χ3v) is 6.11. The summed E-state index contributed by atoms with van der Waals surface area (Å²) in [7, 11) is -0.794. The van der Waals surface area contributed by atoms with Gasteiger partial charge in [0.25, 0.3) is 0 Å². The van der Waals surface area contributed by atoms with Crippen LogP contribution in [0.25, 0.3) is 0 Å². The van der Waals surface area contributed by atoms with Crippen LogP contribution in [-0.4, -0.2) is 63.7 Å². The fourth-order valence-corrected chi connectivity index (χ4v) is 4.95. The zero-order chi connectivity index (χ0) is 13.2. The van der Waals surface area contributed by atoms with Crippen LogP contribution in [0.2, 0.25) is 0 Å². The first-order valence-electron chi connectivity index (χ1n) is 6.73. The molecular formula is C12H24N2O3S. The standard InChI is InChI=1S/C12H24N2O3S/c1-14(11-4-7-18(15,16)9-11)12(8-13)10-2-5-17-6-3-10/h10-12H,2-9,13H2,1H3. The van der Waals surface area contributed by atoms with E-state index < -0.39 is 9.84 Å². The summed E-state index contributed by atoms with van der Waals surface area (Å²) in [4.78, 5) is 2.21. The third-order valence-electron chi connectivity index (χ3n) is 4.36. The largest absolute Gasteiger partial charge is 0.381 e. The second-order valence-electron chi connectivity index (χ2n) is 5.48. The lowest BCUT2D eigenvalue weighted by Crippen LogP contribution is -2.50. The minimum atomic E-state index is -2.82. The summed E-state index contributed by atoms with van der Waals surface area (Å²) in [6.07, 6.45) is 2.82. The maximum atomic E-state index is 11.6. The zero-order valence-corrected chi connectivity index (χ0v) is 11.9. The van der Waals surface area contributed by atoms with Gasteiger partial charge >= 0.3 is 0 Å². The van der Waals surface area contributed by atoms with Gasteiger partial charge in [-0.15, -0.1) is 0 Å². The van der Waals surface area contributed by atoms with E-state index in [0.717, 1.165) is 32.5 Å². The van der Waals surface area contributed by atoms with Crippen molar-refractivity contribution in [3.63, 3.8) is 0 Å². The molecule has 5 nitrogen and oxygen atoms in total. The number of nitrogens with zero attached hydrogens (tertiary/aromatic N) is 1. The Bertz CT molecular complexity index is 366. The minimum Gasteiger partial charge on any atom is -0.381 e. The molecule has 0 radical (unpaired) electrons. The first-order chi connectivity index (χ1) is 8.53. The average molecular weight is 276 g/mol. The number of hydrogen-bond donors (Lipinski definition) is 1. The normalized spacial score (nSPS) is 30.7. The van der Waals surface area contributed by atoms with Crippen LogP contribution in [0.1, 0.15) is 19.3 Å². The zero-order valence-electron chi connectivity index (χ0n) is 11.0. The van der Waals surface area contributed by atoms with Crippen LogP contribution < -0.4 is 5.73 Å². The molecule has 2 aliphatic heterocycles. The first kappa shape index (κ1) is 14.2. The van der Waals surface area contributed by atoms with Crippen LogP contribution >= 0.6 is 0 Å². The third kappa shape index (κ3) is 3.23. The summed E-state index contributed by atoms with van der Waals surface area (Å²) in [6, 6.07) is 0.429. The Labute approximate surface area is 110 Å². The molecule has 0 saturated carbocycles. The van der Waals surface area contributed by atoms with Crippen LogP contribution in [0.3, 0.4) is 0 Å². The number of nitrogens with two attached hydrogens (primary N) is 1. The Kier molecular flexibility index (Phi) is 4.64. The van der Waals surface area contributed by atoms with E-state index in [-0.39, 0.29) is 12.1 Å². The average Bonchev–Trinajstić information content (AvgIpc) is 2.72. The molecule has 0 aromatic carbocycles. The molecule has 2 atom stereocenters. The molecule has 0 amide bonds. The van der Waals surface area contributed by atoms with E-state index in [1.165, 1.54) is 0 Å². The van der Waals surface area contributed by atoms with E-state index in [4.69, 9.17) is 10.5 Å². The molecule has 0 spiro atoms. The summed E-state index contributed by atoms with van der Waals surface area (Å²) in [5, 5.41) is 0. The van der Waals surface area contributed by atoms with Crippen LogP contribution in [0.15, 0.2) is 0 Å². The lowest BCUT2D eigenvalue weighted by Gasteiger charge is -2.38. The molecule has 2 unspecified atom stereocenters. The van der Waals surface area contributed by atoms with E-state index >= 15 is 0 Å². The van der Waals surface area contributed by atoms with Crippen molar-refractivity contribution in [1.29, 1.82) is 0 Å². The molecular weight excluding hydrogens is 252 g/mol.